The van der Waals surface area contributed by atoms with E-state index in [-0.39, 0.29) is 12.5 Å². The molecule has 1 atom stereocenters. The average Bonchev–Trinajstić information content (AvgIpc) is 2.91. The molecule has 0 heterocycles. The second kappa shape index (κ2) is 30.8. The molecule has 0 fully saturated rings. The first-order valence-electron chi connectivity index (χ1n) is 17.6. The lowest BCUT2D eigenvalue weighted by Gasteiger charge is -2.16. The molecule has 0 rings (SSSR count). The van der Waals surface area contributed by atoms with E-state index in [1.807, 2.05) is 0 Å². The molecule has 0 aromatic heterocycles. The summed E-state index contributed by atoms with van der Waals surface area (Å²) in [6.07, 6.45) is 39.8. The minimum atomic E-state index is -4.33. The van der Waals surface area contributed by atoms with Crippen LogP contribution in [-0.2, 0) is 14.6 Å². The van der Waals surface area contributed by atoms with Crippen LogP contribution in [0.4, 0.5) is 0 Å². The Bertz CT molecular complexity index is 564. The maximum absolute atomic E-state index is 11.1. The molecular weight excluding hydrogens is 504 g/mol. The van der Waals surface area contributed by atoms with Gasteiger partial charge in [0, 0.05) is 0 Å². The average molecular weight is 575 g/mol. The van der Waals surface area contributed by atoms with E-state index >= 15 is 0 Å². The molecule has 0 aliphatic rings. The Labute approximate surface area is 246 Å². The van der Waals surface area contributed by atoms with Crippen LogP contribution in [0.3, 0.4) is 0 Å². The normalized spacial score (nSPS) is 12.8. The van der Waals surface area contributed by atoms with Gasteiger partial charge in [-0.3, -0.25) is 4.55 Å². The molecule has 39 heavy (non-hydrogen) atoms. The highest BCUT2D eigenvalue weighted by Crippen LogP contribution is 2.21. The van der Waals surface area contributed by atoms with E-state index < -0.39 is 10.4 Å². The van der Waals surface area contributed by atoms with E-state index in [1.165, 1.54) is 167 Å². The van der Waals surface area contributed by atoms with Crippen molar-refractivity contribution >= 4 is 10.4 Å². The highest BCUT2D eigenvalue weighted by molar-refractivity contribution is 7.80. The molecule has 1 unspecified atom stereocenters. The van der Waals surface area contributed by atoms with Crippen LogP contribution < -0.4 is 0 Å². The zero-order chi connectivity index (χ0) is 28.7. The first kappa shape index (κ1) is 38.9. The maximum atomic E-state index is 11.1. The van der Waals surface area contributed by atoms with Gasteiger partial charge in [0.2, 0.25) is 0 Å². The summed E-state index contributed by atoms with van der Waals surface area (Å²) in [5.41, 5.74) is 0. The largest absolute Gasteiger partial charge is 0.397 e. The van der Waals surface area contributed by atoms with Crippen LogP contribution in [0.1, 0.15) is 206 Å². The van der Waals surface area contributed by atoms with Gasteiger partial charge in [-0.15, -0.1) is 0 Å². The smallest absolute Gasteiger partial charge is 0.264 e. The minimum absolute atomic E-state index is 0.134. The Morgan fingerprint density at radius 2 is 0.667 bits per heavy atom. The van der Waals surface area contributed by atoms with Crippen LogP contribution in [0.5, 0.6) is 0 Å². The second-order valence-electron chi connectivity index (χ2n) is 12.3. The van der Waals surface area contributed by atoms with Gasteiger partial charge < -0.3 is 0 Å². The Balaban J connectivity index is 3.63. The molecular formula is C34H70O4S. The van der Waals surface area contributed by atoms with E-state index in [9.17, 15) is 8.42 Å². The van der Waals surface area contributed by atoms with Gasteiger partial charge in [-0.1, -0.05) is 194 Å². The summed E-state index contributed by atoms with van der Waals surface area (Å²) in [6.45, 7) is 4.68. The third kappa shape index (κ3) is 34.0. The molecule has 0 bridgehead atoms. The topological polar surface area (TPSA) is 63.6 Å². The van der Waals surface area contributed by atoms with Crippen molar-refractivity contribution in [3.05, 3.63) is 0 Å². The Kier molecular flexibility index (Phi) is 30.7. The molecule has 0 saturated heterocycles. The Morgan fingerprint density at radius 3 is 0.897 bits per heavy atom. The fraction of sp³-hybridized carbons (Fsp3) is 1.00. The molecule has 0 radical (unpaired) electrons. The van der Waals surface area contributed by atoms with Gasteiger partial charge in [0.05, 0.1) is 6.61 Å². The zero-order valence-corrected chi connectivity index (χ0v) is 27.4. The number of unbranched alkanes of at least 4 members (excludes halogenated alkanes) is 26. The van der Waals surface area contributed by atoms with Gasteiger partial charge in [0.25, 0.3) is 0 Å². The molecule has 0 aromatic rings. The SMILES string of the molecule is CCCCCCCCCCCCCCCCCCCCC(CCCCCCCCCCCC)COS(=O)(=O)O. The lowest BCUT2D eigenvalue weighted by molar-refractivity contribution is 0.204. The third-order valence-electron chi connectivity index (χ3n) is 8.38. The van der Waals surface area contributed by atoms with Crippen molar-refractivity contribution in [3.63, 3.8) is 0 Å². The first-order valence-corrected chi connectivity index (χ1v) is 19.0. The highest BCUT2D eigenvalue weighted by Gasteiger charge is 2.13. The molecule has 236 valence electrons. The highest BCUT2D eigenvalue weighted by atomic mass is 32.3. The van der Waals surface area contributed by atoms with Crippen molar-refractivity contribution in [2.24, 2.45) is 5.92 Å². The van der Waals surface area contributed by atoms with Crippen molar-refractivity contribution in [1.82, 2.24) is 0 Å². The van der Waals surface area contributed by atoms with Crippen LogP contribution in [0.25, 0.3) is 0 Å². The second-order valence-corrected chi connectivity index (χ2v) is 13.4. The predicted molar refractivity (Wildman–Crippen MR) is 171 cm³/mol. The van der Waals surface area contributed by atoms with Gasteiger partial charge in [0.15, 0.2) is 0 Å². The number of rotatable bonds is 33. The van der Waals surface area contributed by atoms with Crippen molar-refractivity contribution < 1.29 is 17.2 Å². The van der Waals surface area contributed by atoms with E-state index in [4.69, 9.17) is 8.74 Å². The third-order valence-corrected chi connectivity index (χ3v) is 8.82. The van der Waals surface area contributed by atoms with Crippen molar-refractivity contribution in [2.75, 3.05) is 6.61 Å². The molecule has 0 spiro atoms. The molecule has 1 N–H and O–H groups in total. The van der Waals surface area contributed by atoms with Gasteiger partial charge in [-0.2, -0.15) is 8.42 Å². The predicted octanol–water partition coefficient (Wildman–Crippen LogP) is 12.2. The lowest BCUT2D eigenvalue weighted by atomic mass is 9.94. The van der Waals surface area contributed by atoms with Crippen LogP contribution in [0, 0.1) is 5.92 Å². The van der Waals surface area contributed by atoms with Gasteiger partial charge in [0.1, 0.15) is 0 Å². The van der Waals surface area contributed by atoms with Gasteiger partial charge >= 0.3 is 10.4 Å². The lowest BCUT2D eigenvalue weighted by Crippen LogP contribution is -2.14. The summed E-state index contributed by atoms with van der Waals surface area (Å²) >= 11 is 0. The maximum Gasteiger partial charge on any atom is 0.397 e. The summed E-state index contributed by atoms with van der Waals surface area (Å²) in [6, 6.07) is 0. The fourth-order valence-electron chi connectivity index (χ4n) is 5.75. The molecule has 0 saturated carbocycles. The van der Waals surface area contributed by atoms with Crippen LogP contribution in [-0.4, -0.2) is 19.6 Å². The Hall–Kier alpha value is -0.130. The van der Waals surface area contributed by atoms with Crippen molar-refractivity contribution in [2.45, 2.75) is 206 Å². The summed E-state index contributed by atoms with van der Waals surface area (Å²) in [5, 5.41) is 0. The summed E-state index contributed by atoms with van der Waals surface area (Å²) < 4.78 is 35.8. The standard InChI is InChI=1S/C34H70O4S/c1-3-5-7-9-11-13-15-16-17-18-19-20-21-22-24-26-28-30-32-34(33-38-39(35,36)37)31-29-27-25-23-14-12-10-8-6-4-2/h34H,3-33H2,1-2H3,(H,35,36,37). The summed E-state index contributed by atoms with van der Waals surface area (Å²) in [7, 11) is -4.33. The van der Waals surface area contributed by atoms with Crippen molar-refractivity contribution in [3.8, 4) is 0 Å². The van der Waals surface area contributed by atoms with Crippen LogP contribution in [0.15, 0.2) is 0 Å². The fourth-order valence-corrected chi connectivity index (χ4v) is 6.11. The van der Waals surface area contributed by atoms with Crippen LogP contribution >= 0.6 is 0 Å². The molecule has 0 amide bonds. The van der Waals surface area contributed by atoms with Gasteiger partial charge in [-0.25, -0.2) is 4.18 Å². The number of hydrogen-bond acceptors (Lipinski definition) is 3. The zero-order valence-electron chi connectivity index (χ0n) is 26.6. The summed E-state index contributed by atoms with van der Waals surface area (Å²) in [5.74, 6) is 0.238. The molecule has 0 aliphatic heterocycles. The van der Waals surface area contributed by atoms with Crippen LogP contribution in [0.2, 0.25) is 0 Å². The number of hydrogen-bond donors (Lipinski definition) is 1. The monoisotopic (exact) mass is 574 g/mol. The Morgan fingerprint density at radius 1 is 0.436 bits per heavy atom. The van der Waals surface area contributed by atoms with E-state index in [1.54, 1.807) is 0 Å². The van der Waals surface area contributed by atoms with E-state index in [0.29, 0.717) is 0 Å². The minimum Gasteiger partial charge on any atom is -0.264 e. The molecule has 4 nitrogen and oxygen atoms in total. The summed E-state index contributed by atoms with van der Waals surface area (Å²) in [4.78, 5) is 0. The van der Waals surface area contributed by atoms with Gasteiger partial charge in [-0.05, 0) is 18.8 Å². The van der Waals surface area contributed by atoms with Crippen molar-refractivity contribution in [1.29, 1.82) is 0 Å². The quantitative estimate of drug-likeness (QED) is 0.0625. The first-order chi connectivity index (χ1) is 19.0. The molecule has 0 aliphatic carbocycles. The molecule has 5 heteroatoms. The molecule has 0 aromatic carbocycles. The van der Waals surface area contributed by atoms with E-state index in [0.717, 1.165) is 25.7 Å². The van der Waals surface area contributed by atoms with E-state index in [2.05, 4.69) is 13.8 Å².